The minimum absolute atomic E-state index is 0.00520. The van der Waals surface area contributed by atoms with E-state index in [0.29, 0.717) is 10.9 Å². The Morgan fingerprint density at radius 2 is 1.76 bits per heavy atom. The van der Waals surface area contributed by atoms with E-state index in [0.717, 1.165) is 12.1 Å². The molecular weight excluding hydrogens is 430 g/mol. The third-order valence-electron chi connectivity index (χ3n) is 4.65. The number of nitrogens with zero attached hydrogens (tertiary/aromatic N) is 1. The van der Waals surface area contributed by atoms with E-state index >= 15 is 0 Å². The largest absolute Gasteiger partial charge is 0.465 e. The van der Waals surface area contributed by atoms with E-state index in [2.05, 4.69) is 4.74 Å². The second kappa shape index (κ2) is 7.39. The Kier molecular flexibility index (Phi) is 5.40. The van der Waals surface area contributed by atoms with Gasteiger partial charge in [-0.05, 0) is 42.8 Å². The summed E-state index contributed by atoms with van der Waals surface area (Å²) in [5, 5.41) is 0.304. The van der Waals surface area contributed by atoms with Gasteiger partial charge in [0.25, 0.3) is 0 Å². The number of halogens is 5. The highest BCUT2D eigenvalue weighted by Gasteiger charge is 2.32. The van der Waals surface area contributed by atoms with E-state index in [1.165, 1.54) is 43.8 Å². The van der Waals surface area contributed by atoms with E-state index in [4.69, 9.17) is 23.2 Å². The molecular formula is C20H14Cl2F3NO3. The molecule has 0 aliphatic carbocycles. The molecule has 0 atom stereocenters. The number of hydrogen-bond donors (Lipinski definition) is 0. The number of carbonyl (C=O) groups is 2. The van der Waals surface area contributed by atoms with Crippen LogP contribution in [0, 0.1) is 6.92 Å². The number of aryl methyl sites for hydroxylation is 2. The first-order valence-electron chi connectivity index (χ1n) is 8.25. The lowest BCUT2D eigenvalue weighted by molar-refractivity contribution is -0.137. The van der Waals surface area contributed by atoms with Crippen LogP contribution in [0.15, 0.2) is 30.3 Å². The Balaban J connectivity index is 2.22. The molecule has 0 saturated heterocycles. The SMILES string of the molecule is COC(=O)c1ccc(Cl)c(C(=O)c2cc3c(C)cc(C(F)(F)F)cc3n2C)c1Cl. The highest BCUT2D eigenvalue weighted by Crippen LogP contribution is 2.36. The molecule has 1 aromatic heterocycles. The van der Waals surface area contributed by atoms with Crippen LogP contribution in [0.4, 0.5) is 13.2 Å². The first-order valence-corrected chi connectivity index (χ1v) is 9.01. The Morgan fingerprint density at radius 1 is 1.10 bits per heavy atom. The molecule has 1 heterocycles. The number of carbonyl (C=O) groups excluding carboxylic acids is 2. The van der Waals surface area contributed by atoms with Crippen LogP contribution in [-0.2, 0) is 18.0 Å². The normalized spacial score (nSPS) is 11.7. The van der Waals surface area contributed by atoms with Gasteiger partial charge in [0, 0.05) is 18.0 Å². The molecule has 0 unspecified atom stereocenters. The molecule has 0 radical (unpaired) electrons. The van der Waals surface area contributed by atoms with Crippen LogP contribution in [-0.4, -0.2) is 23.4 Å². The van der Waals surface area contributed by atoms with Crippen LogP contribution in [0.2, 0.25) is 10.0 Å². The molecule has 4 nitrogen and oxygen atoms in total. The molecule has 0 aliphatic rings. The fourth-order valence-electron chi connectivity index (χ4n) is 3.15. The van der Waals surface area contributed by atoms with Gasteiger partial charge in [-0.2, -0.15) is 13.2 Å². The molecule has 0 saturated carbocycles. The predicted molar refractivity (Wildman–Crippen MR) is 104 cm³/mol. The molecule has 3 rings (SSSR count). The van der Waals surface area contributed by atoms with Gasteiger partial charge in [-0.3, -0.25) is 4.79 Å². The van der Waals surface area contributed by atoms with E-state index in [1.807, 2.05) is 0 Å². The minimum Gasteiger partial charge on any atom is -0.465 e. The molecule has 0 amide bonds. The zero-order chi connectivity index (χ0) is 21.7. The molecule has 0 N–H and O–H groups in total. The lowest BCUT2D eigenvalue weighted by atomic mass is 10.0. The number of methoxy groups -OCH3 is 1. The van der Waals surface area contributed by atoms with Crippen molar-refractivity contribution in [1.82, 2.24) is 4.57 Å². The van der Waals surface area contributed by atoms with Gasteiger partial charge >= 0.3 is 12.1 Å². The van der Waals surface area contributed by atoms with E-state index in [1.54, 1.807) is 0 Å². The molecule has 2 aromatic carbocycles. The maximum atomic E-state index is 13.2. The highest BCUT2D eigenvalue weighted by molar-refractivity contribution is 6.42. The van der Waals surface area contributed by atoms with Gasteiger partial charge in [0.15, 0.2) is 0 Å². The topological polar surface area (TPSA) is 48.3 Å². The van der Waals surface area contributed by atoms with Crippen molar-refractivity contribution in [1.29, 1.82) is 0 Å². The molecule has 29 heavy (non-hydrogen) atoms. The Morgan fingerprint density at radius 3 is 2.34 bits per heavy atom. The lowest BCUT2D eigenvalue weighted by Crippen LogP contribution is -2.12. The summed E-state index contributed by atoms with van der Waals surface area (Å²) < 4.78 is 45.5. The van der Waals surface area contributed by atoms with Crippen molar-refractivity contribution in [2.45, 2.75) is 13.1 Å². The van der Waals surface area contributed by atoms with Gasteiger partial charge in [-0.15, -0.1) is 0 Å². The number of esters is 1. The minimum atomic E-state index is -4.52. The van der Waals surface area contributed by atoms with Gasteiger partial charge in [-0.1, -0.05) is 23.2 Å². The van der Waals surface area contributed by atoms with Gasteiger partial charge in [-0.25, -0.2) is 4.79 Å². The number of aromatic nitrogens is 1. The second-order valence-electron chi connectivity index (χ2n) is 6.42. The van der Waals surface area contributed by atoms with Crippen molar-refractivity contribution in [3.05, 3.63) is 68.3 Å². The third-order valence-corrected chi connectivity index (χ3v) is 5.36. The van der Waals surface area contributed by atoms with Gasteiger partial charge in [0.2, 0.25) is 5.78 Å². The number of benzene rings is 2. The zero-order valence-electron chi connectivity index (χ0n) is 15.4. The molecule has 0 bridgehead atoms. The molecule has 3 aromatic rings. The molecule has 0 spiro atoms. The summed E-state index contributed by atoms with van der Waals surface area (Å²) in [5.74, 6) is -1.37. The monoisotopic (exact) mass is 443 g/mol. The number of hydrogen-bond acceptors (Lipinski definition) is 3. The summed E-state index contributed by atoms with van der Waals surface area (Å²) >= 11 is 12.4. The van der Waals surface area contributed by atoms with Gasteiger partial charge < -0.3 is 9.30 Å². The van der Waals surface area contributed by atoms with Crippen LogP contribution < -0.4 is 0 Å². The summed E-state index contributed by atoms with van der Waals surface area (Å²) in [5.41, 5.74) is -0.311. The lowest BCUT2D eigenvalue weighted by Gasteiger charge is -2.11. The van der Waals surface area contributed by atoms with Crippen molar-refractivity contribution in [2.24, 2.45) is 7.05 Å². The fourth-order valence-corrected chi connectivity index (χ4v) is 3.77. The van der Waals surface area contributed by atoms with E-state index < -0.39 is 23.5 Å². The van der Waals surface area contributed by atoms with Crippen molar-refractivity contribution in [3.63, 3.8) is 0 Å². The average molecular weight is 444 g/mol. The summed E-state index contributed by atoms with van der Waals surface area (Å²) in [6.07, 6.45) is -4.52. The van der Waals surface area contributed by atoms with Crippen molar-refractivity contribution in [3.8, 4) is 0 Å². The van der Waals surface area contributed by atoms with E-state index in [9.17, 15) is 22.8 Å². The smallest absolute Gasteiger partial charge is 0.416 e. The molecule has 0 aliphatic heterocycles. The molecule has 152 valence electrons. The quantitative estimate of drug-likeness (QED) is 0.377. The molecule has 0 fully saturated rings. The third kappa shape index (κ3) is 3.60. The highest BCUT2D eigenvalue weighted by atomic mass is 35.5. The van der Waals surface area contributed by atoms with Crippen molar-refractivity contribution >= 4 is 45.9 Å². The first kappa shape index (κ1) is 21.2. The maximum absolute atomic E-state index is 13.2. The van der Waals surface area contributed by atoms with Crippen molar-refractivity contribution < 1.29 is 27.5 Å². The van der Waals surface area contributed by atoms with Crippen LogP contribution in [0.3, 0.4) is 0 Å². The zero-order valence-corrected chi connectivity index (χ0v) is 17.0. The fraction of sp³-hybridized carbons (Fsp3) is 0.200. The van der Waals surface area contributed by atoms with Crippen LogP contribution in [0.25, 0.3) is 10.9 Å². The summed E-state index contributed by atoms with van der Waals surface area (Å²) in [6, 6.07) is 6.14. The Bertz CT molecular complexity index is 1170. The van der Waals surface area contributed by atoms with Crippen molar-refractivity contribution in [2.75, 3.05) is 7.11 Å². The maximum Gasteiger partial charge on any atom is 0.416 e. The number of ether oxygens (including phenoxy) is 1. The van der Waals surface area contributed by atoms with E-state index in [-0.39, 0.29) is 32.4 Å². The second-order valence-corrected chi connectivity index (χ2v) is 7.20. The summed E-state index contributed by atoms with van der Waals surface area (Å²) in [4.78, 5) is 25.0. The number of ketones is 1. The number of rotatable bonds is 3. The summed E-state index contributed by atoms with van der Waals surface area (Å²) in [6.45, 7) is 1.53. The van der Waals surface area contributed by atoms with Crippen LogP contribution in [0.5, 0.6) is 0 Å². The Hall–Kier alpha value is -2.51. The molecule has 9 heteroatoms. The number of alkyl halides is 3. The predicted octanol–water partition coefficient (Wildman–Crippen LogP) is 5.83. The standard InChI is InChI=1S/C20H14Cl2F3NO3/c1-9-6-10(20(23,24)25)7-14-12(9)8-15(26(14)2)18(27)16-13(21)5-4-11(17(16)22)19(28)29-3/h4-8H,1-3H3. The number of fused-ring (bicyclic) bond motifs is 1. The summed E-state index contributed by atoms with van der Waals surface area (Å²) in [7, 11) is 2.64. The Labute approximate surface area is 173 Å². The average Bonchev–Trinajstić information content (AvgIpc) is 2.98. The van der Waals surface area contributed by atoms with Gasteiger partial charge in [0.05, 0.1) is 39.5 Å². The van der Waals surface area contributed by atoms with Gasteiger partial charge in [0.1, 0.15) is 0 Å². The van der Waals surface area contributed by atoms with Crippen LogP contribution in [0.1, 0.15) is 37.5 Å². The first-order chi connectivity index (χ1) is 13.5. The van der Waals surface area contributed by atoms with Crippen LogP contribution >= 0.6 is 23.2 Å².